The third-order valence-corrected chi connectivity index (χ3v) is 12.0. The van der Waals surface area contributed by atoms with Gasteiger partial charge in [0.2, 0.25) is 5.91 Å². The molecule has 354 valence electrons. The standard InChI is InChI=1S/C57H103NO3/c1-3-5-7-9-11-13-15-17-19-21-23-25-27-29-31-33-35-37-39-41-43-45-47-49-51-53-57(61)58-55(54-59)56(60)52-50-48-46-44-42-40-38-36-34-32-30-28-26-24-22-20-18-16-14-12-10-8-6-4-2/h5,7,11,13,17,19,23,25,29,31,35,37,55-56,59-60H,3-4,6,8-10,12,14-16,18,20-22,24,26-28,30,32-34,36,38-54H2,1-2H3,(H,58,61)/b7-5-,13-11-,19-17-,25-23-,31-29-,37-35-. The summed E-state index contributed by atoms with van der Waals surface area (Å²) in [6.07, 6.45) is 74.4. The van der Waals surface area contributed by atoms with Gasteiger partial charge in [0.15, 0.2) is 0 Å². The molecule has 0 radical (unpaired) electrons. The third-order valence-electron chi connectivity index (χ3n) is 12.0. The SMILES string of the molecule is CC/C=C\C/C=C\C/C=C\C/C=C\C/C=C\C/C=C\CCCCCCCCC(=O)NC(CO)C(O)CCCCCCCCCCCCCCCCCCCCCCCCCC. The first-order valence-electron chi connectivity index (χ1n) is 26.6. The molecular weight excluding hydrogens is 747 g/mol. The van der Waals surface area contributed by atoms with Crippen LogP contribution in [0.4, 0.5) is 0 Å². The average Bonchev–Trinajstić information content (AvgIpc) is 3.26. The van der Waals surface area contributed by atoms with Crippen LogP contribution in [0.1, 0.15) is 264 Å². The number of hydrogen-bond acceptors (Lipinski definition) is 3. The molecule has 2 atom stereocenters. The summed E-state index contributed by atoms with van der Waals surface area (Å²) in [5.74, 6) is -0.0460. The summed E-state index contributed by atoms with van der Waals surface area (Å²) in [6, 6.07) is -0.550. The van der Waals surface area contributed by atoms with Gasteiger partial charge < -0.3 is 15.5 Å². The van der Waals surface area contributed by atoms with Crippen molar-refractivity contribution < 1.29 is 15.0 Å². The van der Waals surface area contributed by atoms with E-state index in [0.717, 1.165) is 77.0 Å². The van der Waals surface area contributed by atoms with Crippen LogP contribution in [-0.2, 0) is 4.79 Å². The maximum Gasteiger partial charge on any atom is 0.220 e. The van der Waals surface area contributed by atoms with Gasteiger partial charge in [0.25, 0.3) is 0 Å². The Hall–Kier alpha value is -2.17. The molecular formula is C57H103NO3. The lowest BCUT2D eigenvalue weighted by Crippen LogP contribution is -2.45. The van der Waals surface area contributed by atoms with Crippen molar-refractivity contribution in [2.24, 2.45) is 0 Å². The lowest BCUT2D eigenvalue weighted by molar-refractivity contribution is -0.123. The van der Waals surface area contributed by atoms with Crippen LogP contribution in [0, 0.1) is 0 Å². The monoisotopic (exact) mass is 850 g/mol. The molecule has 2 unspecified atom stereocenters. The van der Waals surface area contributed by atoms with E-state index in [-0.39, 0.29) is 12.5 Å². The van der Waals surface area contributed by atoms with Gasteiger partial charge in [0, 0.05) is 6.42 Å². The largest absolute Gasteiger partial charge is 0.394 e. The van der Waals surface area contributed by atoms with E-state index in [1.165, 1.54) is 161 Å². The molecule has 4 nitrogen and oxygen atoms in total. The van der Waals surface area contributed by atoms with Crippen molar-refractivity contribution in [1.82, 2.24) is 5.32 Å². The molecule has 4 heteroatoms. The molecule has 0 saturated heterocycles. The topological polar surface area (TPSA) is 69.6 Å². The molecule has 1 amide bonds. The van der Waals surface area contributed by atoms with Crippen molar-refractivity contribution in [2.45, 2.75) is 276 Å². The third kappa shape index (κ3) is 48.7. The fourth-order valence-corrected chi connectivity index (χ4v) is 7.95. The van der Waals surface area contributed by atoms with Gasteiger partial charge in [-0.1, -0.05) is 267 Å². The van der Waals surface area contributed by atoms with Gasteiger partial charge in [0.05, 0.1) is 18.8 Å². The molecule has 61 heavy (non-hydrogen) atoms. The quantitative estimate of drug-likeness (QED) is 0.0422. The zero-order chi connectivity index (χ0) is 44.2. The van der Waals surface area contributed by atoms with Crippen LogP contribution >= 0.6 is 0 Å². The van der Waals surface area contributed by atoms with Crippen molar-refractivity contribution in [3.63, 3.8) is 0 Å². The summed E-state index contributed by atoms with van der Waals surface area (Å²) < 4.78 is 0. The maximum atomic E-state index is 12.5. The predicted molar refractivity (Wildman–Crippen MR) is 271 cm³/mol. The van der Waals surface area contributed by atoms with Crippen molar-refractivity contribution in [1.29, 1.82) is 0 Å². The Morgan fingerprint density at radius 3 is 1.08 bits per heavy atom. The van der Waals surface area contributed by atoms with Crippen LogP contribution in [0.15, 0.2) is 72.9 Å². The summed E-state index contributed by atoms with van der Waals surface area (Å²) in [4.78, 5) is 12.5. The highest BCUT2D eigenvalue weighted by atomic mass is 16.3. The number of unbranched alkanes of at least 4 members (excludes halogenated alkanes) is 29. The summed E-state index contributed by atoms with van der Waals surface area (Å²) >= 11 is 0. The summed E-state index contributed by atoms with van der Waals surface area (Å²) in [6.45, 7) is 4.25. The Kier molecular flexibility index (Phi) is 50.3. The highest BCUT2D eigenvalue weighted by Gasteiger charge is 2.20. The van der Waals surface area contributed by atoms with E-state index in [0.29, 0.717) is 12.8 Å². The number of aliphatic hydroxyl groups is 2. The van der Waals surface area contributed by atoms with Crippen LogP contribution in [0.3, 0.4) is 0 Å². The highest BCUT2D eigenvalue weighted by Crippen LogP contribution is 2.17. The second-order valence-electron chi connectivity index (χ2n) is 17.9. The lowest BCUT2D eigenvalue weighted by Gasteiger charge is -2.22. The predicted octanol–water partition coefficient (Wildman–Crippen LogP) is 17.4. The lowest BCUT2D eigenvalue weighted by atomic mass is 10.0. The number of carbonyl (C=O) groups is 1. The Bertz CT molecular complexity index is 1050. The normalized spacial score (nSPS) is 13.4. The Morgan fingerprint density at radius 1 is 0.410 bits per heavy atom. The number of rotatable bonds is 48. The molecule has 0 aromatic carbocycles. The van der Waals surface area contributed by atoms with Gasteiger partial charge in [-0.25, -0.2) is 0 Å². The van der Waals surface area contributed by atoms with E-state index in [1.54, 1.807) is 0 Å². The number of allylic oxidation sites excluding steroid dienone is 12. The van der Waals surface area contributed by atoms with E-state index in [4.69, 9.17) is 0 Å². The Morgan fingerprint density at radius 2 is 0.721 bits per heavy atom. The minimum absolute atomic E-state index is 0.0460. The van der Waals surface area contributed by atoms with E-state index < -0.39 is 12.1 Å². The summed E-state index contributed by atoms with van der Waals surface area (Å²) in [5, 5.41) is 23.3. The van der Waals surface area contributed by atoms with E-state index in [2.05, 4.69) is 92.1 Å². The van der Waals surface area contributed by atoms with Crippen LogP contribution < -0.4 is 5.32 Å². The number of nitrogens with one attached hydrogen (secondary N) is 1. The van der Waals surface area contributed by atoms with E-state index in [1.807, 2.05) is 0 Å². The second kappa shape index (κ2) is 52.2. The number of hydrogen-bond donors (Lipinski definition) is 3. The van der Waals surface area contributed by atoms with Gasteiger partial charge >= 0.3 is 0 Å². The number of amides is 1. The fourth-order valence-electron chi connectivity index (χ4n) is 7.95. The Balaban J connectivity index is 3.54. The van der Waals surface area contributed by atoms with Gasteiger partial charge in [-0.3, -0.25) is 4.79 Å². The molecule has 0 aliphatic rings. The van der Waals surface area contributed by atoms with Gasteiger partial charge in [0.1, 0.15) is 0 Å². The van der Waals surface area contributed by atoms with Gasteiger partial charge in [-0.2, -0.15) is 0 Å². The first-order valence-corrected chi connectivity index (χ1v) is 26.6. The zero-order valence-electron chi connectivity index (χ0n) is 40.7. The van der Waals surface area contributed by atoms with Crippen molar-refractivity contribution in [3.8, 4) is 0 Å². The molecule has 0 spiro atoms. The molecule has 0 bridgehead atoms. The molecule has 0 aromatic rings. The second-order valence-corrected chi connectivity index (χ2v) is 17.9. The molecule has 0 fully saturated rings. The van der Waals surface area contributed by atoms with Gasteiger partial charge in [-0.15, -0.1) is 0 Å². The minimum atomic E-state index is -0.671. The first-order chi connectivity index (χ1) is 30.2. The minimum Gasteiger partial charge on any atom is -0.394 e. The molecule has 0 heterocycles. The van der Waals surface area contributed by atoms with Crippen LogP contribution in [0.5, 0.6) is 0 Å². The maximum absolute atomic E-state index is 12.5. The van der Waals surface area contributed by atoms with Crippen molar-refractivity contribution >= 4 is 5.91 Å². The molecule has 0 aliphatic carbocycles. The van der Waals surface area contributed by atoms with E-state index in [9.17, 15) is 15.0 Å². The van der Waals surface area contributed by atoms with Gasteiger partial charge in [-0.05, 0) is 64.2 Å². The van der Waals surface area contributed by atoms with Crippen LogP contribution in [0.2, 0.25) is 0 Å². The number of carbonyl (C=O) groups excluding carboxylic acids is 1. The fraction of sp³-hybridized carbons (Fsp3) is 0.772. The van der Waals surface area contributed by atoms with E-state index >= 15 is 0 Å². The molecule has 3 N–H and O–H groups in total. The summed E-state index contributed by atoms with van der Waals surface area (Å²) in [5.41, 5.74) is 0. The smallest absolute Gasteiger partial charge is 0.220 e. The molecule has 0 saturated carbocycles. The molecule has 0 aromatic heterocycles. The molecule has 0 rings (SSSR count). The Labute approximate surface area is 380 Å². The summed E-state index contributed by atoms with van der Waals surface area (Å²) in [7, 11) is 0. The van der Waals surface area contributed by atoms with Crippen LogP contribution in [-0.4, -0.2) is 34.9 Å². The first kappa shape index (κ1) is 58.8. The zero-order valence-corrected chi connectivity index (χ0v) is 40.7. The molecule has 0 aliphatic heterocycles. The van der Waals surface area contributed by atoms with Crippen LogP contribution in [0.25, 0.3) is 0 Å². The number of aliphatic hydroxyl groups excluding tert-OH is 2. The highest BCUT2D eigenvalue weighted by molar-refractivity contribution is 5.76. The average molecular weight is 850 g/mol. The van der Waals surface area contributed by atoms with Crippen molar-refractivity contribution in [3.05, 3.63) is 72.9 Å². The van der Waals surface area contributed by atoms with Crippen molar-refractivity contribution in [2.75, 3.05) is 6.61 Å².